The summed E-state index contributed by atoms with van der Waals surface area (Å²) in [5, 5.41) is 9.55. The number of esters is 2. The third-order valence-corrected chi connectivity index (χ3v) is 3.03. The zero-order valence-electron chi connectivity index (χ0n) is 15.3. The highest BCUT2D eigenvalue weighted by Crippen LogP contribution is 2.27. The molecule has 24 heavy (non-hydrogen) atoms. The number of rotatable bonds is 7. The maximum Gasteiger partial charge on any atom is 0.339 e. The van der Waals surface area contributed by atoms with Gasteiger partial charge in [0.25, 0.3) is 0 Å². The molecule has 140 valence electrons. The van der Waals surface area contributed by atoms with E-state index in [4.69, 9.17) is 20.9 Å². The van der Waals surface area contributed by atoms with Gasteiger partial charge in [0.1, 0.15) is 11.2 Å². The zero-order valence-corrected chi connectivity index (χ0v) is 15.3. The van der Waals surface area contributed by atoms with E-state index in [0.717, 1.165) is 0 Å². The minimum absolute atomic E-state index is 0.00649. The average molecular weight is 346 g/mol. The molecule has 0 fully saturated rings. The number of hydrogen-bond donors (Lipinski definition) is 3. The van der Waals surface area contributed by atoms with Crippen LogP contribution in [0.1, 0.15) is 54.4 Å². The first-order chi connectivity index (χ1) is 10.6. The number of carbonyl (C=O) groups excluding carboxylic acids is 2. The fourth-order valence-electron chi connectivity index (χ4n) is 1.97. The van der Waals surface area contributed by atoms with E-state index in [1.165, 1.54) is 0 Å². The van der Waals surface area contributed by atoms with Crippen molar-refractivity contribution in [2.75, 3.05) is 6.54 Å². The largest absolute Gasteiger partial charge is 0.479 e. The summed E-state index contributed by atoms with van der Waals surface area (Å²) in [7, 11) is 0. The molecule has 0 saturated heterocycles. The maximum absolute atomic E-state index is 12.5. The smallest absolute Gasteiger partial charge is 0.339 e. The molecule has 0 heterocycles. The number of hydrogen-bond acceptors (Lipinski definition) is 7. The van der Waals surface area contributed by atoms with Crippen molar-refractivity contribution in [1.82, 2.24) is 0 Å². The predicted molar refractivity (Wildman–Crippen MR) is 88.0 cm³/mol. The number of carboxylic acid groups (broad SMARTS) is 1. The van der Waals surface area contributed by atoms with Crippen LogP contribution in [0.4, 0.5) is 0 Å². The van der Waals surface area contributed by atoms with Gasteiger partial charge in [-0.15, -0.1) is 0 Å². The molecule has 0 aliphatic heterocycles. The van der Waals surface area contributed by atoms with Crippen LogP contribution in [-0.4, -0.2) is 46.3 Å². The molecule has 8 heteroatoms. The molecule has 0 aromatic carbocycles. The number of ether oxygens (including phenoxy) is 2. The number of aliphatic carboxylic acids is 1. The first kappa shape index (κ1) is 22.3. The van der Waals surface area contributed by atoms with Crippen molar-refractivity contribution in [3.8, 4) is 0 Å². The van der Waals surface area contributed by atoms with Crippen molar-refractivity contribution in [2.24, 2.45) is 17.4 Å². The predicted octanol–water partition coefficient (Wildman–Crippen LogP) is 0.807. The first-order valence-corrected chi connectivity index (χ1v) is 7.83. The van der Waals surface area contributed by atoms with E-state index in [9.17, 15) is 19.5 Å². The quantitative estimate of drug-likeness (QED) is 0.454. The van der Waals surface area contributed by atoms with Crippen LogP contribution in [0.25, 0.3) is 0 Å². The van der Waals surface area contributed by atoms with Crippen LogP contribution in [0.3, 0.4) is 0 Å². The Balaban J connectivity index is 5.81. The molecule has 0 rings (SSSR count). The Labute approximate surface area is 142 Å². The molecule has 0 aromatic heterocycles. The SMILES string of the molecule is CC(C)(C)OC(=O)C(CCCN)[C@](N)(C(=O)O)C(=O)OC(C)(C)C. The third-order valence-electron chi connectivity index (χ3n) is 3.03. The van der Waals surface area contributed by atoms with Gasteiger partial charge in [-0.25, -0.2) is 9.59 Å². The van der Waals surface area contributed by atoms with Crippen molar-refractivity contribution < 1.29 is 29.0 Å². The second-order valence-corrected chi connectivity index (χ2v) is 7.69. The van der Waals surface area contributed by atoms with Gasteiger partial charge >= 0.3 is 17.9 Å². The molecular formula is C16H30N2O6. The molecule has 1 unspecified atom stereocenters. The molecule has 5 N–H and O–H groups in total. The van der Waals surface area contributed by atoms with E-state index in [1.807, 2.05) is 0 Å². The molecular weight excluding hydrogens is 316 g/mol. The molecule has 0 aromatic rings. The van der Waals surface area contributed by atoms with Crippen molar-refractivity contribution >= 4 is 17.9 Å². The summed E-state index contributed by atoms with van der Waals surface area (Å²) in [6.07, 6.45) is 0.298. The Hall–Kier alpha value is -1.67. The Morgan fingerprint density at radius 1 is 1.00 bits per heavy atom. The second kappa shape index (κ2) is 7.94. The fraction of sp³-hybridized carbons (Fsp3) is 0.812. The Morgan fingerprint density at radius 3 is 1.79 bits per heavy atom. The lowest BCUT2D eigenvalue weighted by molar-refractivity contribution is -0.182. The van der Waals surface area contributed by atoms with E-state index < -0.39 is 40.6 Å². The van der Waals surface area contributed by atoms with Crippen LogP contribution in [0.15, 0.2) is 0 Å². The number of carboxylic acids is 1. The zero-order chi connectivity index (χ0) is 19.3. The van der Waals surface area contributed by atoms with E-state index in [2.05, 4.69) is 0 Å². The minimum atomic E-state index is -2.55. The van der Waals surface area contributed by atoms with Crippen molar-refractivity contribution in [1.29, 1.82) is 0 Å². The van der Waals surface area contributed by atoms with Crippen LogP contribution >= 0.6 is 0 Å². The molecule has 0 saturated carbocycles. The number of carbonyl (C=O) groups is 3. The highest BCUT2D eigenvalue weighted by atomic mass is 16.6. The van der Waals surface area contributed by atoms with E-state index in [0.29, 0.717) is 6.42 Å². The summed E-state index contributed by atoms with van der Waals surface area (Å²) in [5.41, 5.74) is 6.96. The summed E-state index contributed by atoms with van der Waals surface area (Å²) in [4.78, 5) is 36.7. The Kier molecular flexibility index (Phi) is 7.38. The van der Waals surface area contributed by atoms with Crippen molar-refractivity contribution in [3.63, 3.8) is 0 Å². The molecule has 0 aliphatic carbocycles. The van der Waals surface area contributed by atoms with Gasteiger partial charge in [-0.3, -0.25) is 4.79 Å². The summed E-state index contributed by atoms with van der Waals surface area (Å²) in [5.74, 6) is -5.11. The molecule has 2 atom stereocenters. The van der Waals surface area contributed by atoms with Crippen LogP contribution in [0, 0.1) is 5.92 Å². The van der Waals surface area contributed by atoms with Crippen LogP contribution in [0.5, 0.6) is 0 Å². The Bertz CT molecular complexity index is 478. The van der Waals surface area contributed by atoms with Gasteiger partial charge in [0.2, 0.25) is 5.54 Å². The van der Waals surface area contributed by atoms with Crippen molar-refractivity contribution in [2.45, 2.75) is 71.1 Å². The average Bonchev–Trinajstić information content (AvgIpc) is 2.34. The first-order valence-electron chi connectivity index (χ1n) is 7.83. The van der Waals surface area contributed by atoms with Crippen LogP contribution in [-0.2, 0) is 23.9 Å². The van der Waals surface area contributed by atoms with Gasteiger partial charge in [-0.1, -0.05) is 0 Å². The van der Waals surface area contributed by atoms with Gasteiger partial charge in [0.05, 0.1) is 5.92 Å². The molecule has 0 radical (unpaired) electrons. The lowest BCUT2D eigenvalue weighted by Gasteiger charge is -2.34. The van der Waals surface area contributed by atoms with Gasteiger partial charge < -0.3 is 26.0 Å². The summed E-state index contributed by atoms with van der Waals surface area (Å²) in [6.45, 7) is 9.86. The summed E-state index contributed by atoms with van der Waals surface area (Å²) in [6, 6.07) is 0. The van der Waals surface area contributed by atoms with Gasteiger partial charge in [0, 0.05) is 0 Å². The molecule has 0 aliphatic rings. The lowest BCUT2D eigenvalue weighted by Crippen LogP contribution is -2.64. The standard InChI is InChI=1S/C16H30N2O6/c1-14(2,3)23-11(19)10(8-7-9-17)16(18,12(20)21)13(22)24-15(4,5)6/h10H,7-9,17-18H2,1-6H3,(H,20,21)/t10?,16-/m0/s1. The van der Waals surface area contributed by atoms with Crippen LogP contribution < -0.4 is 11.5 Å². The second-order valence-electron chi connectivity index (χ2n) is 7.69. The topological polar surface area (TPSA) is 142 Å². The molecule has 0 amide bonds. The van der Waals surface area contributed by atoms with Gasteiger partial charge in [0.15, 0.2) is 0 Å². The highest BCUT2D eigenvalue weighted by molar-refractivity contribution is 6.07. The molecule has 8 nitrogen and oxygen atoms in total. The Morgan fingerprint density at radius 2 is 1.46 bits per heavy atom. The van der Waals surface area contributed by atoms with Gasteiger partial charge in [-0.05, 0) is 60.9 Å². The monoisotopic (exact) mass is 346 g/mol. The van der Waals surface area contributed by atoms with Gasteiger partial charge in [-0.2, -0.15) is 0 Å². The van der Waals surface area contributed by atoms with E-state index in [-0.39, 0.29) is 13.0 Å². The normalized spacial score (nSPS) is 16.0. The maximum atomic E-state index is 12.5. The third kappa shape index (κ3) is 6.45. The number of nitrogens with two attached hydrogens (primary N) is 2. The highest BCUT2D eigenvalue weighted by Gasteiger charge is 2.55. The summed E-state index contributed by atoms with van der Waals surface area (Å²) < 4.78 is 10.4. The summed E-state index contributed by atoms with van der Waals surface area (Å²) >= 11 is 0. The van der Waals surface area contributed by atoms with E-state index in [1.54, 1.807) is 41.5 Å². The van der Waals surface area contributed by atoms with Crippen molar-refractivity contribution in [3.05, 3.63) is 0 Å². The lowest BCUT2D eigenvalue weighted by atomic mass is 9.81. The molecule has 0 bridgehead atoms. The van der Waals surface area contributed by atoms with Crippen LogP contribution in [0.2, 0.25) is 0 Å². The van der Waals surface area contributed by atoms with E-state index >= 15 is 0 Å². The fourth-order valence-corrected chi connectivity index (χ4v) is 1.97. The minimum Gasteiger partial charge on any atom is -0.479 e. The molecule has 0 spiro atoms.